The summed E-state index contributed by atoms with van der Waals surface area (Å²) in [5.41, 5.74) is 1.09. The number of nitrogens with one attached hydrogen (secondary N) is 1. The molecule has 21 heavy (non-hydrogen) atoms. The van der Waals surface area contributed by atoms with Gasteiger partial charge in [-0.15, -0.1) is 11.8 Å². The minimum Gasteiger partial charge on any atom is -0.321 e. The van der Waals surface area contributed by atoms with Gasteiger partial charge in [-0.3, -0.25) is 4.79 Å². The summed E-state index contributed by atoms with van der Waals surface area (Å²) in [5.74, 6) is -0.208. The van der Waals surface area contributed by atoms with Crippen LogP contribution in [-0.2, 0) is 0 Å². The van der Waals surface area contributed by atoms with Crippen molar-refractivity contribution < 1.29 is 4.79 Å². The van der Waals surface area contributed by atoms with Crippen molar-refractivity contribution in [1.29, 1.82) is 0 Å². The van der Waals surface area contributed by atoms with Gasteiger partial charge < -0.3 is 5.32 Å². The Hall–Kier alpha value is -1.16. The molecule has 0 aromatic heterocycles. The Bertz CT molecular complexity index is 641. The Labute approximate surface area is 138 Å². The fraction of sp³-hybridized carbons (Fsp3) is 0.188. The van der Waals surface area contributed by atoms with Gasteiger partial charge in [0.25, 0.3) is 5.91 Å². The third kappa shape index (κ3) is 4.67. The molecule has 1 N–H and O–H groups in total. The van der Waals surface area contributed by atoms with Crippen molar-refractivity contribution in [2.24, 2.45) is 0 Å². The highest BCUT2D eigenvalue weighted by Crippen LogP contribution is 2.26. The second-order valence-corrected chi connectivity index (χ2v) is 7.26. The molecule has 0 fully saturated rings. The Kier molecular flexibility index (Phi) is 5.57. The van der Waals surface area contributed by atoms with E-state index in [2.05, 4.69) is 19.2 Å². The molecule has 1 amide bonds. The zero-order valence-corrected chi connectivity index (χ0v) is 14.0. The van der Waals surface area contributed by atoms with Gasteiger partial charge in [0.1, 0.15) is 0 Å². The van der Waals surface area contributed by atoms with Crippen LogP contribution in [0.25, 0.3) is 0 Å². The van der Waals surface area contributed by atoms with E-state index in [-0.39, 0.29) is 5.91 Å². The quantitative estimate of drug-likeness (QED) is 0.719. The lowest BCUT2D eigenvalue weighted by atomic mass is 10.2. The van der Waals surface area contributed by atoms with E-state index in [0.29, 0.717) is 26.5 Å². The summed E-state index contributed by atoms with van der Waals surface area (Å²) in [6, 6.07) is 12.5. The molecule has 0 bridgehead atoms. The van der Waals surface area contributed by atoms with Crippen LogP contribution < -0.4 is 5.32 Å². The second kappa shape index (κ2) is 7.21. The van der Waals surface area contributed by atoms with Gasteiger partial charge in [0.05, 0.1) is 10.7 Å². The maximum atomic E-state index is 12.2. The van der Waals surface area contributed by atoms with Crippen molar-refractivity contribution in [3.05, 3.63) is 58.1 Å². The van der Waals surface area contributed by atoms with Crippen LogP contribution >= 0.6 is 35.0 Å². The second-order valence-electron chi connectivity index (χ2n) is 4.77. The predicted molar refractivity (Wildman–Crippen MR) is 91.9 cm³/mol. The predicted octanol–water partition coefficient (Wildman–Crippen LogP) is 5.75. The van der Waals surface area contributed by atoms with Crippen molar-refractivity contribution in [2.75, 3.05) is 5.32 Å². The van der Waals surface area contributed by atoms with Gasteiger partial charge in [-0.05, 0) is 42.5 Å². The van der Waals surface area contributed by atoms with Crippen molar-refractivity contribution in [1.82, 2.24) is 0 Å². The van der Waals surface area contributed by atoms with E-state index in [1.807, 2.05) is 12.1 Å². The highest BCUT2D eigenvalue weighted by atomic mass is 35.5. The fourth-order valence-electron chi connectivity index (χ4n) is 1.74. The van der Waals surface area contributed by atoms with E-state index in [1.165, 1.54) is 0 Å². The van der Waals surface area contributed by atoms with Gasteiger partial charge in [-0.25, -0.2) is 0 Å². The molecule has 0 atom stereocenters. The van der Waals surface area contributed by atoms with Gasteiger partial charge in [-0.2, -0.15) is 0 Å². The Morgan fingerprint density at radius 3 is 2.38 bits per heavy atom. The molecule has 2 nitrogen and oxygen atoms in total. The van der Waals surface area contributed by atoms with Crippen molar-refractivity contribution >= 4 is 46.6 Å². The molecule has 110 valence electrons. The van der Waals surface area contributed by atoms with Crippen LogP contribution in [0.15, 0.2) is 47.4 Å². The molecule has 2 rings (SSSR count). The van der Waals surface area contributed by atoms with E-state index in [9.17, 15) is 4.79 Å². The Balaban J connectivity index is 2.11. The molecule has 0 saturated carbocycles. The van der Waals surface area contributed by atoms with Crippen LogP contribution in [0.5, 0.6) is 0 Å². The Morgan fingerprint density at radius 2 is 1.76 bits per heavy atom. The molecule has 0 aliphatic carbocycles. The molecule has 0 saturated heterocycles. The third-order valence-electron chi connectivity index (χ3n) is 2.66. The van der Waals surface area contributed by atoms with Gasteiger partial charge >= 0.3 is 0 Å². The number of hydrogen-bond donors (Lipinski definition) is 1. The number of carbonyl (C=O) groups is 1. The highest BCUT2D eigenvalue weighted by molar-refractivity contribution is 7.99. The summed E-state index contributed by atoms with van der Waals surface area (Å²) in [6.45, 7) is 4.26. The smallest absolute Gasteiger partial charge is 0.255 e. The first-order valence-corrected chi connectivity index (χ1v) is 8.12. The van der Waals surface area contributed by atoms with Crippen molar-refractivity contribution in [3.8, 4) is 0 Å². The summed E-state index contributed by atoms with van der Waals surface area (Å²) in [7, 11) is 0. The molecule has 0 unspecified atom stereocenters. The molecular weight excluding hydrogens is 325 g/mol. The van der Waals surface area contributed by atoms with Crippen molar-refractivity contribution in [3.63, 3.8) is 0 Å². The van der Waals surface area contributed by atoms with Gasteiger partial charge in [-0.1, -0.05) is 37.0 Å². The number of benzene rings is 2. The van der Waals surface area contributed by atoms with Crippen LogP contribution in [0.4, 0.5) is 5.69 Å². The maximum Gasteiger partial charge on any atom is 0.255 e. The summed E-state index contributed by atoms with van der Waals surface area (Å²) in [5, 5.41) is 4.26. The highest BCUT2D eigenvalue weighted by Gasteiger charge is 2.09. The summed E-state index contributed by atoms with van der Waals surface area (Å²) < 4.78 is 0. The van der Waals surface area contributed by atoms with E-state index in [0.717, 1.165) is 4.90 Å². The van der Waals surface area contributed by atoms with Crippen LogP contribution in [0.1, 0.15) is 24.2 Å². The lowest BCUT2D eigenvalue weighted by Crippen LogP contribution is -2.12. The van der Waals surface area contributed by atoms with E-state index in [4.69, 9.17) is 23.2 Å². The number of rotatable bonds is 4. The molecule has 5 heteroatoms. The zero-order chi connectivity index (χ0) is 15.4. The monoisotopic (exact) mass is 339 g/mol. The lowest BCUT2D eigenvalue weighted by molar-refractivity contribution is 0.102. The topological polar surface area (TPSA) is 29.1 Å². The van der Waals surface area contributed by atoms with Gasteiger partial charge in [0.15, 0.2) is 0 Å². The van der Waals surface area contributed by atoms with E-state index in [1.54, 1.807) is 42.1 Å². The standard InChI is InChI=1S/C16H15Cl2NOS/c1-10(2)21-13-6-3-11(4-7-13)16(20)19-15-9-12(17)5-8-14(15)18/h3-10H,1-2H3,(H,19,20). The first kappa shape index (κ1) is 16.2. The van der Waals surface area contributed by atoms with Crippen LogP contribution in [0, 0.1) is 0 Å². The molecule has 0 heterocycles. The molecule has 0 spiro atoms. The Morgan fingerprint density at radius 1 is 1.10 bits per heavy atom. The number of carbonyl (C=O) groups excluding carboxylic acids is 1. The number of anilines is 1. The molecule has 2 aromatic rings. The van der Waals surface area contributed by atoms with Crippen molar-refractivity contribution in [2.45, 2.75) is 24.0 Å². The van der Waals surface area contributed by atoms with E-state index < -0.39 is 0 Å². The first-order chi connectivity index (χ1) is 9.95. The molecule has 2 aromatic carbocycles. The van der Waals surface area contributed by atoms with Crippen LogP contribution in [-0.4, -0.2) is 11.2 Å². The van der Waals surface area contributed by atoms with Gasteiger partial charge in [0, 0.05) is 20.7 Å². The fourth-order valence-corrected chi connectivity index (χ4v) is 2.92. The minimum atomic E-state index is -0.208. The summed E-state index contributed by atoms with van der Waals surface area (Å²) in [4.78, 5) is 13.3. The summed E-state index contributed by atoms with van der Waals surface area (Å²) >= 11 is 13.7. The number of thioether (sulfide) groups is 1. The molecular formula is C16H15Cl2NOS. The zero-order valence-electron chi connectivity index (χ0n) is 11.7. The third-order valence-corrected chi connectivity index (χ3v) is 4.25. The molecule has 0 aliphatic heterocycles. The normalized spacial score (nSPS) is 10.7. The number of hydrogen-bond acceptors (Lipinski definition) is 2. The van der Waals surface area contributed by atoms with E-state index >= 15 is 0 Å². The lowest BCUT2D eigenvalue weighted by Gasteiger charge is -2.09. The molecule has 0 radical (unpaired) electrons. The number of amides is 1. The largest absolute Gasteiger partial charge is 0.321 e. The average Bonchev–Trinajstić information content (AvgIpc) is 2.43. The maximum absolute atomic E-state index is 12.2. The first-order valence-electron chi connectivity index (χ1n) is 6.49. The summed E-state index contributed by atoms with van der Waals surface area (Å²) in [6.07, 6.45) is 0. The average molecular weight is 340 g/mol. The van der Waals surface area contributed by atoms with Crippen LogP contribution in [0.2, 0.25) is 10.0 Å². The minimum absolute atomic E-state index is 0.208. The molecule has 0 aliphatic rings. The number of halogens is 2. The SMILES string of the molecule is CC(C)Sc1ccc(C(=O)Nc2cc(Cl)ccc2Cl)cc1. The van der Waals surface area contributed by atoms with Gasteiger partial charge in [0.2, 0.25) is 0 Å². The van der Waals surface area contributed by atoms with Crippen LogP contribution in [0.3, 0.4) is 0 Å².